The van der Waals surface area contributed by atoms with Crippen molar-refractivity contribution < 1.29 is 14.4 Å². The molecule has 0 aliphatic carbocycles. The highest BCUT2D eigenvalue weighted by Crippen LogP contribution is 2.26. The zero-order valence-electron chi connectivity index (χ0n) is 13.1. The summed E-state index contributed by atoms with van der Waals surface area (Å²) in [4.78, 5) is 4.48. The summed E-state index contributed by atoms with van der Waals surface area (Å²) in [5, 5.41) is 13.8. The minimum absolute atomic E-state index is 0.253. The van der Waals surface area contributed by atoms with Gasteiger partial charge in [-0.05, 0) is 50.8 Å². The molecule has 1 N–H and O–H groups in total. The Kier molecular flexibility index (Phi) is 4.27. The molecular weight excluding hydrogens is 280 g/mol. The summed E-state index contributed by atoms with van der Waals surface area (Å²) in [6.45, 7) is 5.10. The zero-order valence-corrected chi connectivity index (χ0v) is 13.1. The first-order valence-electron chi connectivity index (χ1n) is 7.74. The maximum Gasteiger partial charge on any atom is 0.257 e. The molecule has 3 rings (SSSR count). The molecule has 1 aliphatic heterocycles. The molecule has 0 bridgehead atoms. The maximum atomic E-state index is 9.77. The van der Waals surface area contributed by atoms with Crippen LogP contribution in [-0.4, -0.2) is 34.1 Å². The van der Waals surface area contributed by atoms with E-state index in [4.69, 9.17) is 9.26 Å². The summed E-state index contributed by atoms with van der Waals surface area (Å²) in [5.41, 5.74) is 1.48. The zero-order chi connectivity index (χ0) is 15.6. The van der Waals surface area contributed by atoms with Crippen LogP contribution in [0.25, 0.3) is 11.5 Å². The van der Waals surface area contributed by atoms with Crippen LogP contribution in [0.4, 0.5) is 0 Å². The van der Waals surface area contributed by atoms with Crippen molar-refractivity contribution in [2.24, 2.45) is 0 Å². The largest absolute Gasteiger partial charge is 0.390 e. The van der Waals surface area contributed by atoms with Gasteiger partial charge in [-0.15, -0.1) is 0 Å². The Hall–Kier alpha value is -1.72. The third kappa shape index (κ3) is 3.72. The second-order valence-electron chi connectivity index (χ2n) is 6.53. The molecule has 1 aliphatic rings. The summed E-state index contributed by atoms with van der Waals surface area (Å²) < 4.78 is 10.7. The predicted octanol–water partition coefficient (Wildman–Crippen LogP) is 2.94. The molecule has 2 aromatic rings. The van der Waals surface area contributed by atoms with Crippen molar-refractivity contribution in [2.45, 2.75) is 44.6 Å². The van der Waals surface area contributed by atoms with Gasteiger partial charge in [0.2, 0.25) is 0 Å². The van der Waals surface area contributed by atoms with Crippen LogP contribution in [0.3, 0.4) is 0 Å². The Balaban J connectivity index is 1.67. The lowest BCUT2D eigenvalue weighted by Crippen LogP contribution is -2.19. The highest BCUT2D eigenvalue weighted by Gasteiger charge is 2.23. The number of benzene rings is 1. The number of aryl methyl sites for hydroxylation is 1. The van der Waals surface area contributed by atoms with Gasteiger partial charge in [-0.3, -0.25) is 0 Å². The van der Waals surface area contributed by atoms with Gasteiger partial charge in [0.25, 0.3) is 5.89 Å². The normalized spacial score (nSPS) is 18.8. The maximum absolute atomic E-state index is 9.77. The van der Waals surface area contributed by atoms with E-state index in [1.54, 1.807) is 0 Å². The number of ether oxygens (including phenoxy) is 1. The number of aromatic nitrogens is 2. The van der Waals surface area contributed by atoms with E-state index in [0.29, 0.717) is 12.5 Å². The van der Waals surface area contributed by atoms with E-state index in [-0.39, 0.29) is 5.92 Å². The molecule has 1 fully saturated rings. The standard InChI is InChI=1S/C17H22N2O3/c1-17(2,20)9-7-12-3-5-13(6-4-12)16-18-15(19-22-16)14-8-10-21-11-14/h3-6,14,20H,7-11H2,1-2H3/t14-/m0/s1. The van der Waals surface area contributed by atoms with Gasteiger partial charge in [0.15, 0.2) is 5.82 Å². The fourth-order valence-electron chi connectivity index (χ4n) is 2.52. The lowest BCUT2D eigenvalue weighted by molar-refractivity contribution is 0.0714. The molecule has 1 aromatic heterocycles. The molecule has 22 heavy (non-hydrogen) atoms. The molecule has 0 unspecified atom stereocenters. The molecule has 5 heteroatoms. The van der Waals surface area contributed by atoms with Crippen molar-refractivity contribution in [1.82, 2.24) is 10.1 Å². The van der Waals surface area contributed by atoms with Crippen LogP contribution in [0.1, 0.15) is 44.0 Å². The molecular formula is C17H22N2O3. The number of nitrogens with zero attached hydrogens (tertiary/aromatic N) is 2. The lowest BCUT2D eigenvalue weighted by atomic mass is 9.98. The molecule has 1 aromatic carbocycles. The van der Waals surface area contributed by atoms with Crippen molar-refractivity contribution in [3.63, 3.8) is 0 Å². The van der Waals surface area contributed by atoms with E-state index in [1.165, 1.54) is 5.56 Å². The van der Waals surface area contributed by atoms with E-state index >= 15 is 0 Å². The van der Waals surface area contributed by atoms with Gasteiger partial charge in [-0.25, -0.2) is 0 Å². The summed E-state index contributed by atoms with van der Waals surface area (Å²) in [5.74, 6) is 1.54. The van der Waals surface area contributed by atoms with Crippen molar-refractivity contribution in [3.8, 4) is 11.5 Å². The molecule has 5 nitrogen and oxygen atoms in total. The molecule has 0 radical (unpaired) electrons. The van der Waals surface area contributed by atoms with Gasteiger partial charge >= 0.3 is 0 Å². The summed E-state index contributed by atoms with van der Waals surface area (Å²) in [6.07, 6.45) is 2.53. The van der Waals surface area contributed by atoms with Crippen LogP contribution in [-0.2, 0) is 11.2 Å². The topological polar surface area (TPSA) is 68.4 Å². The SMILES string of the molecule is CC(C)(O)CCc1ccc(-c2nc([C@H]3CCOC3)no2)cc1. The number of hydrogen-bond acceptors (Lipinski definition) is 5. The molecule has 0 spiro atoms. The molecule has 0 saturated carbocycles. The quantitative estimate of drug-likeness (QED) is 0.919. The number of hydrogen-bond donors (Lipinski definition) is 1. The smallest absolute Gasteiger partial charge is 0.257 e. The van der Waals surface area contributed by atoms with Crippen molar-refractivity contribution in [1.29, 1.82) is 0 Å². The fourth-order valence-corrected chi connectivity index (χ4v) is 2.52. The van der Waals surface area contributed by atoms with Gasteiger partial charge < -0.3 is 14.4 Å². The summed E-state index contributed by atoms with van der Waals surface area (Å²) in [7, 11) is 0. The summed E-state index contributed by atoms with van der Waals surface area (Å²) in [6, 6.07) is 8.07. The second kappa shape index (κ2) is 6.18. The average molecular weight is 302 g/mol. The van der Waals surface area contributed by atoms with E-state index in [1.807, 2.05) is 38.1 Å². The van der Waals surface area contributed by atoms with Crippen LogP contribution in [0.5, 0.6) is 0 Å². The Bertz CT molecular complexity index is 608. The van der Waals surface area contributed by atoms with Crippen LogP contribution in [0.2, 0.25) is 0 Å². The van der Waals surface area contributed by atoms with Gasteiger partial charge in [0.1, 0.15) is 0 Å². The average Bonchev–Trinajstić information content (AvgIpc) is 3.15. The first-order valence-corrected chi connectivity index (χ1v) is 7.74. The Morgan fingerprint density at radius 2 is 2.05 bits per heavy atom. The van der Waals surface area contributed by atoms with Gasteiger partial charge in [-0.1, -0.05) is 17.3 Å². The van der Waals surface area contributed by atoms with Crippen molar-refractivity contribution >= 4 is 0 Å². The van der Waals surface area contributed by atoms with E-state index in [9.17, 15) is 5.11 Å². The first-order chi connectivity index (χ1) is 10.5. The van der Waals surface area contributed by atoms with E-state index in [0.717, 1.165) is 37.3 Å². The number of aliphatic hydroxyl groups is 1. The van der Waals surface area contributed by atoms with E-state index < -0.39 is 5.60 Å². The van der Waals surface area contributed by atoms with Crippen LogP contribution in [0, 0.1) is 0 Å². The third-order valence-electron chi connectivity index (χ3n) is 3.96. The highest BCUT2D eigenvalue weighted by molar-refractivity contribution is 5.53. The van der Waals surface area contributed by atoms with Crippen LogP contribution in [0.15, 0.2) is 28.8 Å². The van der Waals surface area contributed by atoms with Gasteiger partial charge in [0, 0.05) is 18.1 Å². The minimum Gasteiger partial charge on any atom is -0.390 e. The van der Waals surface area contributed by atoms with Gasteiger partial charge in [-0.2, -0.15) is 4.98 Å². The highest BCUT2D eigenvalue weighted by atomic mass is 16.5. The molecule has 118 valence electrons. The lowest BCUT2D eigenvalue weighted by Gasteiger charge is -2.16. The molecule has 2 heterocycles. The fraction of sp³-hybridized carbons (Fsp3) is 0.529. The summed E-state index contributed by atoms with van der Waals surface area (Å²) >= 11 is 0. The Morgan fingerprint density at radius 1 is 1.27 bits per heavy atom. The number of rotatable bonds is 5. The van der Waals surface area contributed by atoms with Crippen LogP contribution >= 0.6 is 0 Å². The van der Waals surface area contributed by atoms with Crippen molar-refractivity contribution in [2.75, 3.05) is 13.2 Å². The van der Waals surface area contributed by atoms with Crippen LogP contribution < -0.4 is 0 Å². The predicted molar refractivity (Wildman–Crippen MR) is 82.5 cm³/mol. The molecule has 1 saturated heterocycles. The molecule has 1 atom stereocenters. The van der Waals surface area contributed by atoms with Gasteiger partial charge in [0.05, 0.1) is 12.2 Å². The first kappa shape index (κ1) is 15.2. The monoisotopic (exact) mass is 302 g/mol. The molecule has 0 amide bonds. The Morgan fingerprint density at radius 3 is 2.68 bits per heavy atom. The minimum atomic E-state index is -0.636. The van der Waals surface area contributed by atoms with E-state index in [2.05, 4.69) is 10.1 Å². The Labute approximate surface area is 130 Å². The third-order valence-corrected chi connectivity index (χ3v) is 3.96. The second-order valence-corrected chi connectivity index (χ2v) is 6.53. The van der Waals surface area contributed by atoms with Crippen molar-refractivity contribution in [3.05, 3.63) is 35.7 Å².